The van der Waals surface area contributed by atoms with Gasteiger partial charge in [-0.05, 0) is 44.9 Å². The zero-order valence-corrected chi connectivity index (χ0v) is 13.1. The molecule has 0 amide bonds. The summed E-state index contributed by atoms with van der Waals surface area (Å²) in [5.41, 5.74) is 5.90. The van der Waals surface area contributed by atoms with Crippen molar-refractivity contribution in [3.8, 4) is 0 Å². The second kappa shape index (κ2) is 6.91. The van der Waals surface area contributed by atoms with Crippen molar-refractivity contribution in [2.75, 3.05) is 0 Å². The van der Waals surface area contributed by atoms with E-state index in [4.69, 9.17) is 22.1 Å². The molecule has 6 heteroatoms. The molecule has 0 aliphatic carbocycles. The zero-order chi connectivity index (χ0) is 16.2. The Labute approximate surface area is 129 Å². The number of nitrogens with two attached hydrogens (primary N) is 1. The van der Waals surface area contributed by atoms with Gasteiger partial charge in [-0.2, -0.15) is 0 Å². The fraction of sp³-hybridized carbons (Fsp3) is 0.467. The van der Waals surface area contributed by atoms with Crippen molar-refractivity contribution >= 4 is 23.5 Å². The number of esters is 1. The lowest BCUT2D eigenvalue weighted by Crippen LogP contribution is -2.45. The molecule has 1 aromatic carbocycles. The monoisotopic (exact) mass is 313 g/mol. The van der Waals surface area contributed by atoms with Gasteiger partial charge in [0.2, 0.25) is 0 Å². The molecule has 1 rings (SSSR count). The van der Waals surface area contributed by atoms with Gasteiger partial charge in [0.25, 0.3) is 0 Å². The molecule has 1 aromatic rings. The smallest absolute Gasteiger partial charge is 0.322 e. The second-order valence-electron chi connectivity index (χ2n) is 5.85. The lowest BCUT2D eigenvalue weighted by Gasteiger charge is -2.25. The van der Waals surface area contributed by atoms with Crippen molar-refractivity contribution in [3.05, 3.63) is 34.9 Å². The van der Waals surface area contributed by atoms with Crippen molar-refractivity contribution < 1.29 is 19.4 Å². The number of aliphatic carboxylic acids is 1. The molecule has 2 atom stereocenters. The van der Waals surface area contributed by atoms with Gasteiger partial charge < -0.3 is 15.6 Å². The van der Waals surface area contributed by atoms with E-state index in [1.54, 1.807) is 45.0 Å². The summed E-state index contributed by atoms with van der Waals surface area (Å²) in [5.74, 6) is -3.54. The highest BCUT2D eigenvalue weighted by molar-refractivity contribution is 6.30. The van der Waals surface area contributed by atoms with Crippen LogP contribution in [-0.2, 0) is 20.7 Å². The molecule has 0 saturated heterocycles. The number of ether oxygens (including phenoxy) is 1. The first-order valence-electron chi connectivity index (χ1n) is 6.56. The molecule has 0 aliphatic heterocycles. The van der Waals surface area contributed by atoms with Crippen LogP contribution in [0.2, 0.25) is 5.02 Å². The molecule has 3 N–H and O–H groups in total. The van der Waals surface area contributed by atoms with E-state index in [0.717, 1.165) is 5.56 Å². The third-order valence-corrected chi connectivity index (χ3v) is 2.95. The summed E-state index contributed by atoms with van der Waals surface area (Å²) in [4.78, 5) is 23.3. The van der Waals surface area contributed by atoms with Crippen molar-refractivity contribution in [2.45, 2.75) is 38.8 Å². The topological polar surface area (TPSA) is 89.6 Å². The minimum atomic E-state index is -1.41. The Hall–Kier alpha value is -1.59. The van der Waals surface area contributed by atoms with Gasteiger partial charge in [0.05, 0.1) is 0 Å². The van der Waals surface area contributed by atoms with Gasteiger partial charge >= 0.3 is 11.9 Å². The molecule has 0 heterocycles. The Morgan fingerprint density at radius 1 is 1.38 bits per heavy atom. The number of carbonyl (C=O) groups is 2. The van der Waals surface area contributed by atoms with Crippen molar-refractivity contribution in [1.29, 1.82) is 0 Å². The van der Waals surface area contributed by atoms with E-state index < -0.39 is 29.5 Å². The van der Waals surface area contributed by atoms with E-state index in [2.05, 4.69) is 0 Å². The third-order valence-electron chi connectivity index (χ3n) is 2.72. The maximum atomic E-state index is 12.0. The minimum absolute atomic E-state index is 0.219. The predicted molar refractivity (Wildman–Crippen MR) is 80.1 cm³/mol. The van der Waals surface area contributed by atoms with Gasteiger partial charge in [-0.1, -0.05) is 23.7 Å². The van der Waals surface area contributed by atoms with E-state index >= 15 is 0 Å². The summed E-state index contributed by atoms with van der Waals surface area (Å²) in [6.07, 6.45) is 0.219. The summed E-state index contributed by atoms with van der Waals surface area (Å²) < 4.78 is 5.12. The number of rotatable bonds is 5. The van der Waals surface area contributed by atoms with Crippen LogP contribution in [0.1, 0.15) is 26.3 Å². The van der Waals surface area contributed by atoms with Crippen molar-refractivity contribution in [2.24, 2.45) is 11.7 Å². The summed E-state index contributed by atoms with van der Waals surface area (Å²) in [7, 11) is 0. The number of carboxylic acid groups (broad SMARTS) is 1. The molecule has 0 bridgehead atoms. The highest BCUT2D eigenvalue weighted by Crippen LogP contribution is 2.18. The number of halogens is 1. The largest absolute Gasteiger partial charge is 0.481 e. The average molecular weight is 314 g/mol. The number of carbonyl (C=O) groups excluding carboxylic acids is 1. The molecule has 0 unspecified atom stereocenters. The summed E-state index contributed by atoms with van der Waals surface area (Å²) in [5, 5.41) is 9.77. The van der Waals surface area contributed by atoms with Gasteiger partial charge in [0.1, 0.15) is 5.60 Å². The van der Waals surface area contributed by atoms with Crippen molar-refractivity contribution in [3.63, 3.8) is 0 Å². The Kier molecular flexibility index (Phi) is 5.75. The van der Waals surface area contributed by atoms with Crippen LogP contribution in [-0.4, -0.2) is 28.7 Å². The molecule has 0 saturated carbocycles. The SMILES string of the molecule is CC(C)(C)OC(=O)[C@@H](C(=O)O)[C@H](N)Cc1cccc(Cl)c1. The Morgan fingerprint density at radius 2 is 2.00 bits per heavy atom. The van der Waals surface area contributed by atoms with Crippen LogP contribution in [0.25, 0.3) is 0 Å². The van der Waals surface area contributed by atoms with Gasteiger partial charge in [0, 0.05) is 11.1 Å². The van der Waals surface area contributed by atoms with Crippen LogP contribution < -0.4 is 5.73 Å². The maximum Gasteiger partial charge on any atom is 0.322 e. The fourth-order valence-corrected chi connectivity index (χ4v) is 2.09. The van der Waals surface area contributed by atoms with Crippen LogP contribution in [0.5, 0.6) is 0 Å². The second-order valence-corrected chi connectivity index (χ2v) is 6.28. The summed E-state index contributed by atoms with van der Waals surface area (Å²) in [6.45, 7) is 5.02. The van der Waals surface area contributed by atoms with E-state index in [9.17, 15) is 14.7 Å². The van der Waals surface area contributed by atoms with Crippen molar-refractivity contribution in [1.82, 2.24) is 0 Å². The quantitative estimate of drug-likeness (QED) is 0.643. The summed E-state index contributed by atoms with van der Waals surface area (Å²) >= 11 is 5.87. The van der Waals surface area contributed by atoms with E-state index in [-0.39, 0.29) is 6.42 Å². The first-order valence-corrected chi connectivity index (χ1v) is 6.93. The Balaban J connectivity index is 2.85. The van der Waals surface area contributed by atoms with Crippen LogP contribution >= 0.6 is 11.6 Å². The number of hydrogen-bond acceptors (Lipinski definition) is 4. The normalized spacial score (nSPS) is 14.3. The first kappa shape index (κ1) is 17.5. The van der Waals surface area contributed by atoms with Gasteiger partial charge in [0.15, 0.2) is 5.92 Å². The van der Waals surface area contributed by atoms with Crippen LogP contribution in [0.15, 0.2) is 24.3 Å². The molecular formula is C15H20ClNO4. The average Bonchev–Trinajstić information content (AvgIpc) is 2.25. The number of hydrogen-bond donors (Lipinski definition) is 2. The van der Waals surface area contributed by atoms with Crippen LogP contribution in [0, 0.1) is 5.92 Å². The fourth-order valence-electron chi connectivity index (χ4n) is 1.88. The molecule has 0 radical (unpaired) electrons. The van der Waals surface area contributed by atoms with Gasteiger partial charge in [-0.15, -0.1) is 0 Å². The summed E-state index contributed by atoms with van der Waals surface area (Å²) in [6, 6.07) is 6.03. The highest BCUT2D eigenvalue weighted by atomic mass is 35.5. The first-order chi connectivity index (χ1) is 9.60. The van der Waals surface area contributed by atoms with E-state index in [0.29, 0.717) is 5.02 Å². The third kappa shape index (κ3) is 5.73. The van der Waals surface area contributed by atoms with E-state index in [1.807, 2.05) is 0 Å². The standard InChI is InChI=1S/C15H20ClNO4/c1-15(2,3)21-14(20)12(13(18)19)11(17)8-9-5-4-6-10(16)7-9/h4-7,11-12H,8,17H2,1-3H3,(H,18,19)/t11-,12-/m1/s1. The Bertz CT molecular complexity index is 525. The highest BCUT2D eigenvalue weighted by Gasteiger charge is 2.36. The molecule has 0 aromatic heterocycles. The molecule has 0 aliphatic rings. The van der Waals surface area contributed by atoms with E-state index in [1.165, 1.54) is 0 Å². The molecule has 0 fully saturated rings. The molecular weight excluding hydrogens is 294 g/mol. The Morgan fingerprint density at radius 3 is 2.48 bits per heavy atom. The van der Waals surface area contributed by atoms with Crippen LogP contribution in [0.4, 0.5) is 0 Å². The molecule has 116 valence electrons. The van der Waals surface area contributed by atoms with Gasteiger partial charge in [-0.3, -0.25) is 9.59 Å². The van der Waals surface area contributed by atoms with Gasteiger partial charge in [-0.25, -0.2) is 0 Å². The minimum Gasteiger partial charge on any atom is -0.481 e. The number of carboxylic acids is 1. The van der Waals surface area contributed by atoms with Crippen LogP contribution in [0.3, 0.4) is 0 Å². The zero-order valence-electron chi connectivity index (χ0n) is 12.3. The molecule has 5 nitrogen and oxygen atoms in total. The predicted octanol–water partition coefficient (Wildman–Crippen LogP) is 2.25. The maximum absolute atomic E-state index is 12.0. The lowest BCUT2D eigenvalue weighted by molar-refractivity contribution is -0.167. The molecule has 21 heavy (non-hydrogen) atoms. The lowest BCUT2D eigenvalue weighted by atomic mass is 9.94. The molecule has 0 spiro atoms. The number of benzene rings is 1.